The van der Waals surface area contributed by atoms with Crippen molar-refractivity contribution in [2.45, 2.75) is 31.1 Å². The third-order valence-corrected chi connectivity index (χ3v) is 2.40. The molecule has 1 saturated carbocycles. The summed E-state index contributed by atoms with van der Waals surface area (Å²) in [6, 6.07) is 0. The molecule has 0 heterocycles. The van der Waals surface area contributed by atoms with Gasteiger partial charge in [0, 0.05) is 0 Å². The van der Waals surface area contributed by atoms with Crippen LogP contribution in [0.5, 0.6) is 0 Å². The molecule has 0 spiro atoms. The van der Waals surface area contributed by atoms with Crippen molar-refractivity contribution in [2.75, 3.05) is 6.54 Å². The minimum atomic E-state index is -4.73. The van der Waals surface area contributed by atoms with Crippen molar-refractivity contribution in [3.63, 3.8) is 0 Å². The van der Waals surface area contributed by atoms with Gasteiger partial charge in [0.2, 0.25) is 5.67 Å². The van der Waals surface area contributed by atoms with Crippen molar-refractivity contribution in [3.05, 3.63) is 0 Å². The van der Waals surface area contributed by atoms with Crippen molar-refractivity contribution >= 4 is 0 Å². The van der Waals surface area contributed by atoms with E-state index in [0.29, 0.717) is 0 Å². The Morgan fingerprint density at radius 1 is 1.42 bits per heavy atom. The molecule has 0 aromatic rings. The molecule has 0 aliphatic heterocycles. The minimum Gasteiger partial charge on any atom is -0.330 e. The number of alkyl halides is 4. The molecule has 2 N–H and O–H groups in total. The topological polar surface area (TPSA) is 26.0 Å². The lowest BCUT2D eigenvalue weighted by Gasteiger charge is -2.22. The van der Waals surface area contributed by atoms with E-state index in [0.717, 1.165) is 0 Å². The molecule has 1 aliphatic carbocycles. The van der Waals surface area contributed by atoms with Crippen LogP contribution in [0.15, 0.2) is 0 Å². The second-order valence-electron chi connectivity index (χ2n) is 3.31. The van der Waals surface area contributed by atoms with Gasteiger partial charge in [-0.3, -0.25) is 0 Å². The summed E-state index contributed by atoms with van der Waals surface area (Å²) < 4.78 is 49.2. The van der Waals surface area contributed by atoms with Gasteiger partial charge in [-0.1, -0.05) is 0 Å². The molecule has 5 heteroatoms. The highest BCUT2D eigenvalue weighted by Gasteiger charge is 2.58. The number of hydrogen-bond acceptors (Lipinski definition) is 1. The van der Waals surface area contributed by atoms with Crippen molar-refractivity contribution in [3.8, 4) is 0 Å². The van der Waals surface area contributed by atoms with Crippen LogP contribution in [0.4, 0.5) is 17.6 Å². The highest BCUT2D eigenvalue weighted by atomic mass is 19.4. The maximum atomic E-state index is 13.1. The maximum absolute atomic E-state index is 13.1. The van der Waals surface area contributed by atoms with Crippen LogP contribution in [0, 0.1) is 5.92 Å². The second kappa shape index (κ2) is 2.87. The molecule has 1 aliphatic rings. The molecule has 0 saturated heterocycles. The zero-order valence-electron chi connectivity index (χ0n) is 6.49. The lowest BCUT2D eigenvalue weighted by molar-refractivity contribution is -0.228. The summed E-state index contributed by atoms with van der Waals surface area (Å²) in [6.45, 7) is 0.141. The van der Waals surface area contributed by atoms with Crippen LogP contribution in [0.1, 0.15) is 19.3 Å². The van der Waals surface area contributed by atoms with Gasteiger partial charge in [-0.2, -0.15) is 13.2 Å². The fraction of sp³-hybridized carbons (Fsp3) is 1.00. The fourth-order valence-electron chi connectivity index (χ4n) is 1.55. The molecule has 0 amide bonds. The summed E-state index contributed by atoms with van der Waals surface area (Å²) in [7, 11) is 0. The van der Waals surface area contributed by atoms with Gasteiger partial charge >= 0.3 is 6.18 Å². The molecule has 1 rings (SSSR count). The van der Waals surface area contributed by atoms with Crippen LogP contribution in [0.25, 0.3) is 0 Å². The third-order valence-electron chi connectivity index (χ3n) is 2.40. The Morgan fingerprint density at radius 3 is 2.25 bits per heavy atom. The molecule has 2 unspecified atom stereocenters. The summed E-state index contributed by atoms with van der Waals surface area (Å²) >= 11 is 0. The Labute approximate surface area is 67.9 Å². The fourth-order valence-corrected chi connectivity index (χ4v) is 1.55. The minimum absolute atomic E-state index is 0.141. The average Bonchev–Trinajstić information content (AvgIpc) is 2.31. The summed E-state index contributed by atoms with van der Waals surface area (Å²) in [5.41, 5.74) is 2.19. The normalized spacial score (nSPS) is 37.2. The lowest BCUT2D eigenvalue weighted by atomic mass is 10.0. The van der Waals surface area contributed by atoms with Gasteiger partial charge in [-0.15, -0.1) is 0 Å². The molecule has 1 nitrogen and oxygen atoms in total. The van der Waals surface area contributed by atoms with Crippen molar-refractivity contribution in [1.29, 1.82) is 0 Å². The largest absolute Gasteiger partial charge is 0.422 e. The average molecular weight is 185 g/mol. The van der Waals surface area contributed by atoms with E-state index in [2.05, 4.69) is 0 Å². The molecule has 0 aromatic carbocycles. The predicted octanol–water partition coefficient (Wildman–Crippen LogP) is 2.02. The third kappa shape index (κ3) is 1.55. The molecule has 1 fully saturated rings. The van der Waals surface area contributed by atoms with E-state index in [-0.39, 0.29) is 18.9 Å². The van der Waals surface area contributed by atoms with E-state index in [1.54, 1.807) is 0 Å². The molecular formula is C7H11F4N. The van der Waals surface area contributed by atoms with E-state index < -0.39 is 24.7 Å². The number of halogens is 4. The Balaban J connectivity index is 2.64. The highest BCUT2D eigenvalue weighted by Crippen LogP contribution is 2.47. The van der Waals surface area contributed by atoms with Crippen LogP contribution in [0.2, 0.25) is 0 Å². The standard InChI is InChI=1S/C7H11F4N/c8-6(7(9,10)11)2-1-5(3-6)4-12/h5H,1-4,12H2. The van der Waals surface area contributed by atoms with Crippen LogP contribution in [-0.4, -0.2) is 18.4 Å². The lowest BCUT2D eigenvalue weighted by Crippen LogP contribution is -2.38. The molecule has 0 bridgehead atoms. The molecule has 0 aromatic heterocycles. The summed E-state index contributed by atoms with van der Waals surface area (Å²) in [5.74, 6) is -0.309. The zero-order chi connectivity index (χ0) is 9.41. The SMILES string of the molecule is NCC1CCC(F)(C(F)(F)F)C1. The van der Waals surface area contributed by atoms with Gasteiger partial charge in [-0.25, -0.2) is 4.39 Å². The Morgan fingerprint density at radius 2 is 2.00 bits per heavy atom. The van der Waals surface area contributed by atoms with E-state index >= 15 is 0 Å². The number of rotatable bonds is 1. The first-order valence-corrected chi connectivity index (χ1v) is 3.85. The van der Waals surface area contributed by atoms with E-state index in [4.69, 9.17) is 5.73 Å². The summed E-state index contributed by atoms with van der Waals surface area (Å²) in [5, 5.41) is 0. The molecule has 0 radical (unpaired) electrons. The molecule has 12 heavy (non-hydrogen) atoms. The second-order valence-corrected chi connectivity index (χ2v) is 3.31. The van der Waals surface area contributed by atoms with Gasteiger partial charge in [0.25, 0.3) is 0 Å². The van der Waals surface area contributed by atoms with Gasteiger partial charge in [0.1, 0.15) is 0 Å². The quantitative estimate of drug-likeness (QED) is 0.621. The molecular weight excluding hydrogens is 174 g/mol. The van der Waals surface area contributed by atoms with Crippen LogP contribution < -0.4 is 5.73 Å². The van der Waals surface area contributed by atoms with Crippen LogP contribution >= 0.6 is 0 Å². The van der Waals surface area contributed by atoms with Crippen LogP contribution in [-0.2, 0) is 0 Å². The van der Waals surface area contributed by atoms with Gasteiger partial charge in [-0.05, 0) is 31.7 Å². The smallest absolute Gasteiger partial charge is 0.330 e. The Hall–Kier alpha value is -0.320. The van der Waals surface area contributed by atoms with E-state index in [9.17, 15) is 17.6 Å². The molecule has 72 valence electrons. The first-order chi connectivity index (χ1) is 5.39. The number of nitrogens with two attached hydrogens (primary N) is 1. The van der Waals surface area contributed by atoms with E-state index in [1.807, 2.05) is 0 Å². The van der Waals surface area contributed by atoms with Crippen molar-refractivity contribution in [2.24, 2.45) is 11.7 Å². The Bertz CT molecular complexity index is 167. The van der Waals surface area contributed by atoms with Gasteiger partial charge in [0.05, 0.1) is 0 Å². The Kier molecular flexibility index (Phi) is 2.33. The zero-order valence-corrected chi connectivity index (χ0v) is 6.49. The van der Waals surface area contributed by atoms with Crippen LogP contribution in [0.3, 0.4) is 0 Å². The first kappa shape index (κ1) is 9.77. The maximum Gasteiger partial charge on any atom is 0.422 e. The molecule has 2 atom stereocenters. The number of hydrogen-bond donors (Lipinski definition) is 1. The monoisotopic (exact) mass is 185 g/mol. The van der Waals surface area contributed by atoms with E-state index in [1.165, 1.54) is 0 Å². The highest BCUT2D eigenvalue weighted by molar-refractivity contribution is 4.95. The van der Waals surface area contributed by atoms with Gasteiger partial charge in [0.15, 0.2) is 0 Å². The first-order valence-electron chi connectivity index (χ1n) is 3.85. The van der Waals surface area contributed by atoms with Crippen molar-refractivity contribution < 1.29 is 17.6 Å². The van der Waals surface area contributed by atoms with Gasteiger partial charge < -0.3 is 5.73 Å². The predicted molar refractivity (Wildman–Crippen MR) is 36.3 cm³/mol. The summed E-state index contributed by atoms with van der Waals surface area (Å²) in [4.78, 5) is 0. The van der Waals surface area contributed by atoms with Crippen molar-refractivity contribution in [1.82, 2.24) is 0 Å². The summed E-state index contributed by atoms with van der Waals surface area (Å²) in [6.07, 6.45) is -5.38.